The van der Waals surface area contributed by atoms with Crippen LogP contribution in [0.2, 0.25) is 0 Å². The Morgan fingerprint density at radius 3 is 2.29 bits per heavy atom. The molecular formula is C10H23N3O. The van der Waals surface area contributed by atoms with Gasteiger partial charge in [0.05, 0.1) is 0 Å². The predicted octanol–water partition coefficient (Wildman–Crippen LogP) is 0.00600. The highest BCUT2D eigenvalue weighted by atomic mass is 16.1. The lowest BCUT2D eigenvalue weighted by molar-refractivity contribution is -0.120. The summed E-state index contributed by atoms with van der Waals surface area (Å²) in [5.74, 6) is 0.131. The fourth-order valence-corrected chi connectivity index (χ4v) is 0.994. The molecule has 0 saturated carbocycles. The Morgan fingerprint density at radius 2 is 1.79 bits per heavy atom. The van der Waals surface area contributed by atoms with Gasteiger partial charge in [-0.05, 0) is 21.1 Å². The molecule has 4 heteroatoms. The van der Waals surface area contributed by atoms with Crippen molar-refractivity contribution in [1.29, 1.82) is 0 Å². The molecule has 0 rings (SSSR count). The molecule has 0 saturated heterocycles. The quantitative estimate of drug-likeness (QED) is 0.630. The zero-order chi connectivity index (χ0) is 11.0. The fraction of sp³-hybridized carbons (Fsp3) is 0.900. The average Bonchev–Trinajstić information content (AvgIpc) is 2.14. The summed E-state index contributed by atoms with van der Waals surface area (Å²) in [6, 6.07) is 0. The minimum absolute atomic E-state index is 0.131. The summed E-state index contributed by atoms with van der Waals surface area (Å²) in [6.07, 6.45) is 0.571. The smallest absolute Gasteiger partial charge is 0.219 e. The van der Waals surface area contributed by atoms with Crippen LogP contribution in [-0.2, 0) is 4.79 Å². The van der Waals surface area contributed by atoms with Crippen molar-refractivity contribution in [3.8, 4) is 0 Å². The zero-order valence-corrected chi connectivity index (χ0v) is 9.84. The first kappa shape index (κ1) is 13.4. The minimum atomic E-state index is 0.131. The summed E-state index contributed by atoms with van der Waals surface area (Å²) in [7, 11) is 6.20. The van der Waals surface area contributed by atoms with E-state index in [1.807, 2.05) is 6.92 Å². The molecule has 0 radical (unpaired) electrons. The molecule has 84 valence electrons. The van der Waals surface area contributed by atoms with Gasteiger partial charge >= 0.3 is 0 Å². The van der Waals surface area contributed by atoms with Crippen LogP contribution in [0.25, 0.3) is 0 Å². The summed E-state index contributed by atoms with van der Waals surface area (Å²) < 4.78 is 0. The first-order valence-electron chi connectivity index (χ1n) is 5.16. The maximum atomic E-state index is 10.9. The largest absolute Gasteiger partial charge is 0.355 e. The van der Waals surface area contributed by atoms with Crippen LogP contribution in [-0.4, -0.2) is 63.0 Å². The molecule has 0 aliphatic carbocycles. The van der Waals surface area contributed by atoms with E-state index in [0.29, 0.717) is 6.42 Å². The van der Waals surface area contributed by atoms with Gasteiger partial charge in [0.25, 0.3) is 0 Å². The number of nitrogens with one attached hydrogen (secondary N) is 1. The number of likely N-dealkylation sites (N-methyl/N-ethyl adjacent to an activating group) is 2. The first-order chi connectivity index (χ1) is 6.56. The van der Waals surface area contributed by atoms with E-state index in [2.05, 4.69) is 36.3 Å². The third-order valence-corrected chi connectivity index (χ3v) is 2.07. The lowest BCUT2D eigenvalue weighted by Gasteiger charge is -2.19. The van der Waals surface area contributed by atoms with Crippen LogP contribution in [0.5, 0.6) is 0 Å². The van der Waals surface area contributed by atoms with Gasteiger partial charge in [0, 0.05) is 32.6 Å². The van der Waals surface area contributed by atoms with Gasteiger partial charge in [0.1, 0.15) is 0 Å². The van der Waals surface area contributed by atoms with Crippen LogP contribution in [0.4, 0.5) is 0 Å². The second-order valence-electron chi connectivity index (χ2n) is 3.81. The van der Waals surface area contributed by atoms with Gasteiger partial charge in [-0.15, -0.1) is 0 Å². The molecule has 0 bridgehead atoms. The van der Waals surface area contributed by atoms with Crippen LogP contribution < -0.4 is 5.32 Å². The number of carbonyl (C=O) groups excluding carboxylic acids is 1. The maximum Gasteiger partial charge on any atom is 0.219 e. The number of hydrogen-bond donors (Lipinski definition) is 1. The lowest BCUT2D eigenvalue weighted by atomic mass is 10.4. The summed E-state index contributed by atoms with van der Waals surface area (Å²) in [5.41, 5.74) is 0. The number of amides is 1. The van der Waals surface area contributed by atoms with Crippen molar-refractivity contribution in [3.63, 3.8) is 0 Å². The highest BCUT2D eigenvalue weighted by Crippen LogP contribution is 1.83. The summed E-state index contributed by atoms with van der Waals surface area (Å²) in [4.78, 5) is 15.3. The third-order valence-electron chi connectivity index (χ3n) is 2.07. The second-order valence-corrected chi connectivity index (χ2v) is 3.81. The van der Waals surface area contributed by atoms with Crippen molar-refractivity contribution >= 4 is 5.91 Å². The van der Waals surface area contributed by atoms with Gasteiger partial charge in [-0.3, -0.25) is 4.79 Å². The Hall–Kier alpha value is -0.610. The fourth-order valence-electron chi connectivity index (χ4n) is 0.994. The van der Waals surface area contributed by atoms with E-state index in [1.165, 1.54) is 0 Å². The minimum Gasteiger partial charge on any atom is -0.355 e. The molecule has 1 amide bonds. The molecule has 0 heterocycles. The number of hydrogen-bond acceptors (Lipinski definition) is 3. The summed E-state index contributed by atoms with van der Waals surface area (Å²) in [5, 5.41) is 2.86. The van der Waals surface area contributed by atoms with E-state index < -0.39 is 0 Å². The van der Waals surface area contributed by atoms with Gasteiger partial charge in [-0.25, -0.2) is 0 Å². The number of carbonyl (C=O) groups is 1. The van der Waals surface area contributed by atoms with E-state index in [1.54, 1.807) is 0 Å². The van der Waals surface area contributed by atoms with E-state index in [9.17, 15) is 4.79 Å². The highest BCUT2D eigenvalue weighted by molar-refractivity contribution is 5.75. The normalized spacial score (nSPS) is 11.0. The van der Waals surface area contributed by atoms with Gasteiger partial charge in [0.15, 0.2) is 0 Å². The Morgan fingerprint density at radius 1 is 1.14 bits per heavy atom. The van der Waals surface area contributed by atoms with Crippen LogP contribution in [0.1, 0.15) is 13.3 Å². The van der Waals surface area contributed by atoms with Crippen molar-refractivity contribution in [3.05, 3.63) is 0 Å². The van der Waals surface area contributed by atoms with Crippen molar-refractivity contribution < 1.29 is 4.79 Å². The Labute approximate surface area is 87.3 Å². The Bertz CT molecular complexity index is 159. The van der Waals surface area contributed by atoms with Gasteiger partial charge < -0.3 is 15.1 Å². The molecule has 1 N–H and O–H groups in total. The standard InChI is InChI=1S/C10H23N3O/c1-5-10(14)11-6-7-13(4)9-8-12(2)3/h5-9H2,1-4H3,(H,11,14). The van der Waals surface area contributed by atoms with E-state index >= 15 is 0 Å². The Balaban J connectivity index is 3.35. The van der Waals surface area contributed by atoms with Gasteiger partial charge in [-0.2, -0.15) is 0 Å². The molecule has 0 aromatic heterocycles. The van der Waals surface area contributed by atoms with Crippen LogP contribution >= 0.6 is 0 Å². The van der Waals surface area contributed by atoms with Crippen LogP contribution in [0.3, 0.4) is 0 Å². The van der Waals surface area contributed by atoms with Crippen molar-refractivity contribution in [2.45, 2.75) is 13.3 Å². The SMILES string of the molecule is CCC(=O)NCCN(C)CCN(C)C. The molecule has 0 aromatic rings. The zero-order valence-electron chi connectivity index (χ0n) is 9.84. The lowest BCUT2D eigenvalue weighted by Crippen LogP contribution is -2.35. The summed E-state index contributed by atoms with van der Waals surface area (Å²) >= 11 is 0. The van der Waals surface area contributed by atoms with E-state index in [0.717, 1.165) is 26.2 Å². The van der Waals surface area contributed by atoms with Crippen molar-refractivity contribution in [1.82, 2.24) is 15.1 Å². The molecule has 14 heavy (non-hydrogen) atoms. The molecule has 4 nitrogen and oxygen atoms in total. The number of nitrogens with zero attached hydrogens (tertiary/aromatic N) is 2. The molecule has 0 spiro atoms. The molecule has 0 aromatic carbocycles. The summed E-state index contributed by atoms with van der Waals surface area (Å²) in [6.45, 7) is 5.62. The average molecular weight is 201 g/mol. The van der Waals surface area contributed by atoms with Crippen LogP contribution in [0.15, 0.2) is 0 Å². The second kappa shape index (κ2) is 7.76. The predicted molar refractivity (Wildman–Crippen MR) is 59.4 cm³/mol. The molecule has 0 aliphatic heterocycles. The monoisotopic (exact) mass is 201 g/mol. The molecule has 0 unspecified atom stereocenters. The van der Waals surface area contributed by atoms with E-state index in [4.69, 9.17) is 0 Å². The topological polar surface area (TPSA) is 35.6 Å². The molecule has 0 aliphatic rings. The first-order valence-corrected chi connectivity index (χ1v) is 5.16. The molecule has 0 atom stereocenters. The van der Waals surface area contributed by atoms with Gasteiger partial charge in [-0.1, -0.05) is 6.92 Å². The van der Waals surface area contributed by atoms with E-state index in [-0.39, 0.29) is 5.91 Å². The van der Waals surface area contributed by atoms with Crippen molar-refractivity contribution in [2.75, 3.05) is 47.3 Å². The van der Waals surface area contributed by atoms with Crippen LogP contribution in [0, 0.1) is 0 Å². The maximum absolute atomic E-state index is 10.9. The Kier molecular flexibility index (Phi) is 7.42. The van der Waals surface area contributed by atoms with Gasteiger partial charge in [0.2, 0.25) is 5.91 Å². The number of rotatable bonds is 7. The molecule has 0 fully saturated rings. The molecular weight excluding hydrogens is 178 g/mol. The van der Waals surface area contributed by atoms with Crippen molar-refractivity contribution in [2.24, 2.45) is 0 Å². The highest BCUT2D eigenvalue weighted by Gasteiger charge is 2.00. The third kappa shape index (κ3) is 8.01.